The minimum absolute atomic E-state index is 0.00453. The van der Waals surface area contributed by atoms with E-state index >= 15 is 8.78 Å². The molecule has 0 bridgehead atoms. The van der Waals surface area contributed by atoms with E-state index in [0.29, 0.717) is 35.1 Å². The van der Waals surface area contributed by atoms with Gasteiger partial charge in [-0.15, -0.1) is 0 Å². The molecule has 15 heteroatoms. The van der Waals surface area contributed by atoms with Gasteiger partial charge in [0.05, 0.1) is 38.2 Å². The molecule has 2 fully saturated rings. The Labute approximate surface area is 278 Å². The van der Waals surface area contributed by atoms with Crippen LogP contribution < -0.4 is 18.7 Å². The molecule has 10 nitrogen and oxygen atoms in total. The highest BCUT2D eigenvalue weighted by molar-refractivity contribution is 7.92. The zero-order valence-corrected chi connectivity index (χ0v) is 28.2. The lowest BCUT2D eigenvalue weighted by Gasteiger charge is -2.38. The number of nitrogens with zero attached hydrogens (tertiary/aromatic N) is 4. The lowest BCUT2D eigenvalue weighted by Crippen LogP contribution is -2.49. The summed E-state index contributed by atoms with van der Waals surface area (Å²) in [7, 11) is 1.07. The Morgan fingerprint density at radius 1 is 1.02 bits per heavy atom. The van der Waals surface area contributed by atoms with E-state index in [2.05, 4.69) is 9.88 Å². The van der Waals surface area contributed by atoms with Crippen molar-refractivity contribution in [1.82, 2.24) is 9.88 Å². The summed E-state index contributed by atoms with van der Waals surface area (Å²) in [5.41, 5.74) is -0.325. The maximum atomic E-state index is 16.1. The number of piperidine rings is 1. The highest BCUT2D eigenvalue weighted by atomic mass is 35.5. The summed E-state index contributed by atoms with van der Waals surface area (Å²) < 4.78 is 97.3. The van der Waals surface area contributed by atoms with Crippen LogP contribution in [-0.4, -0.2) is 91.2 Å². The third-order valence-electron chi connectivity index (χ3n) is 8.88. The number of halogens is 4. The summed E-state index contributed by atoms with van der Waals surface area (Å²) in [5, 5.41) is -0.563. The van der Waals surface area contributed by atoms with Crippen LogP contribution in [-0.2, 0) is 26.0 Å². The van der Waals surface area contributed by atoms with Crippen molar-refractivity contribution in [1.29, 1.82) is 0 Å². The second-order valence-corrected chi connectivity index (χ2v) is 13.8. The molecule has 0 spiro atoms. The van der Waals surface area contributed by atoms with Crippen molar-refractivity contribution in [3.63, 3.8) is 0 Å². The van der Waals surface area contributed by atoms with Crippen LogP contribution in [0.4, 0.5) is 24.7 Å². The summed E-state index contributed by atoms with van der Waals surface area (Å²) in [4.78, 5) is 6.39. The zero-order valence-electron chi connectivity index (χ0n) is 26.6. The van der Waals surface area contributed by atoms with Gasteiger partial charge in [0.1, 0.15) is 28.2 Å². The third kappa shape index (κ3) is 7.26. The summed E-state index contributed by atoms with van der Waals surface area (Å²) >= 11 is 6.49. The number of sulfonamides is 1. The summed E-state index contributed by atoms with van der Waals surface area (Å²) in [6, 6.07) is 9.00. The van der Waals surface area contributed by atoms with Crippen LogP contribution in [0.15, 0.2) is 47.4 Å². The van der Waals surface area contributed by atoms with E-state index in [1.165, 1.54) is 38.5 Å². The molecular formula is C32H38ClF3N4O6S. The van der Waals surface area contributed by atoms with Gasteiger partial charge >= 0.3 is 0 Å². The van der Waals surface area contributed by atoms with E-state index in [9.17, 15) is 12.8 Å². The lowest BCUT2D eigenvalue weighted by atomic mass is 9.99. The fourth-order valence-electron chi connectivity index (χ4n) is 6.23. The van der Waals surface area contributed by atoms with Gasteiger partial charge in [-0.3, -0.25) is 0 Å². The molecule has 2 aromatic carbocycles. The van der Waals surface area contributed by atoms with Crippen LogP contribution >= 0.6 is 11.6 Å². The number of anilines is 2. The second-order valence-electron chi connectivity index (χ2n) is 11.6. The maximum absolute atomic E-state index is 16.1. The Kier molecular flexibility index (Phi) is 10.8. The Morgan fingerprint density at radius 2 is 1.77 bits per heavy atom. The molecule has 47 heavy (non-hydrogen) atoms. The SMILES string of the molecule is COc1ccc(CN(c2cccc(F)n2)S(=O)(=O)c2c(F)cc(N3CC[C@](CN4CCC(OC)CC4)(OC)C3)c(Cl)c2F)c(OC)c1. The summed E-state index contributed by atoms with van der Waals surface area (Å²) in [5.74, 6) is -3.56. The van der Waals surface area contributed by atoms with E-state index in [4.69, 9.17) is 30.5 Å². The quantitative estimate of drug-likeness (QED) is 0.185. The first kappa shape index (κ1) is 35.0. The van der Waals surface area contributed by atoms with Gasteiger partial charge in [-0.25, -0.2) is 26.5 Å². The smallest absolute Gasteiger partial charge is 0.271 e. The highest BCUT2D eigenvalue weighted by Gasteiger charge is 2.43. The van der Waals surface area contributed by atoms with E-state index in [1.807, 2.05) is 0 Å². The molecule has 0 N–H and O–H groups in total. The number of ether oxygens (including phenoxy) is 4. The van der Waals surface area contributed by atoms with E-state index in [-0.39, 0.29) is 24.1 Å². The standard InChI is InChI=1S/C32H38ClF3N4O6S/c1-43-22-10-13-38(14-11-22)19-32(46-4)12-15-39(20-32)25-17-24(34)31(30(36)29(25)33)47(41,42)40(28-7-5-6-27(35)37-28)18-21-8-9-23(44-2)16-26(21)45-3/h5-9,16-17,22H,10-15,18-20H2,1-4H3/t32-/m1/s1. The maximum Gasteiger partial charge on any atom is 0.271 e. The van der Waals surface area contributed by atoms with Gasteiger partial charge in [0.25, 0.3) is 10.0 Å². The molecule has 0 unspecified atom stereocenters. The molecule has 2 saturated heterocycles. The molecular weight excluding hydrogens is 661 g/mol. The molecule has 256 valence electrons. The van der Waals surface area contributed by atoms with Crippen LogP contribution in [0.25, 0.3) is 0 Å². The normalized spacial score (nSPS) is 19.3. The van der Waals surface area contributed by atoms with Crippen LogP contribution in [0, 0.1) is 17.6 Å². The van der Waals surface area contributed by atoms with Gasteiger partial charge in [-0.1, -0.05) is 17.7 Å². The van der Waals surface area contributed by atoms with Crippen molar-refractivity contribution >= 4 is 33.1 Å². The van der Waals surface area contributed by atoms with Gasteiger partial charge in [0, 0.05) is 64.6 Å². The minimum atomic E-state index is -5.06. The Bertz CT molecular complexity index is 1700. The first-order valence-corrected chi connectivity index (χ1v) is 16.9. The van der Waals surface area contributed by atoms with Crippen molar-refractivity contribution < 1.29 is 40.5 Å². The van der Waals surface area contributed by atoms with Gasteiger partial charge in [0.15, 0.2) is 10.7 Å². The van der Waals surface area contributed by atoms with Crippen LogP contribution in [0.2, 0.25) is 5.02 Å². The highest BCUT2D eigenvalue weighted by Crippen LogP contribution is 2.41. The fourth-order valence-corrected chi connectivity index (χ4v) is 8.06. The van der Waals surface area contributed by atoms with Crippen molar-refractivity contribution in [3.05, 3.63) is 70.6 Å². The molecule has 3 aromatic rings. The number of hydrogen-bond donors (Lipinski definition) is 0. The Balaban J connectivity index is 1.47. The van der Waals surface area contributed by atoms with Gasteiger partial charge in [-0.2, -0.15) is 4.39 Å². The fraction of sp³-hybridized carbons (Fsp3) is 0.469. The van der Waals surface area contributed by atoms with E-state index in [0.717, 1.165) is 38.1 Å². The molecule has 5 rings (SSSR count). The molecule has 0 radical (unpaired) electrons. The number of pyridine rings is 1. The average molecular weight is 699 g/mol. The zero-order chi connectivity index (χ0) is 33.9. The molecule has 0 aliphatic carbocycles. The largest absolute Gasteiger partial charge is 0.497 e. The predicted molar refractivity (Wildman–Crippen MR) is 172 cm³/mol. The first-order chi connectivity index (χ1) is 22.4. The lowest BCUT2D eigenvalue weighted by molar-refractivity contribution is -0.0365. The molecule has 3 heterocycles. The predicted octanol–water partition coefficient (Wildman–Crippen LogP) is 5.27. The summed E-state index contributed by atoms with van der Waals surface area (Å²) in [6.07, 6.45) is 2.57. The molecule has 2 aliphatic heterocycles. The third-order valence-corrected chi connectivity index (χ3v) is 11.0. The molecule has 2 aliphatic rings. The number of aromatic nitrogens is 1. The van der Waals surface area contributed by atoms with Crippen LogP contribution in [0.5, 0.6) is 11.5 Å². The Hall–Kier alpha value is -3.30. The van der Waals surface area contributed by atoms with Crippen molar-refractivity contribution in [3.8, 4) is 11.5 Å². The minimum Gasteiger partial charge on any atom is -0.497 e. The monoisotopic (exact) mass is 698 g/mol. The number of likely N-dealkylation sites (tertiary alicyclic amines) is 1. The molecule has 0 saturated carbocycles. The topological polar surface area (TPSA) is 93.7 Å². The van der Waals surface area contributed by atoms with Crippen LogP contribution in [0.1, 0.15) is 24.8 Å². The van der Waals surface area contributed by atoms with Crippen LogP contribution in [0.3, 0.4) is 0 Å². The van der Waals surface area contributed by atoms with E-state index < -0.39 is 55.5 Å². The average Bonchev–Trinajstić information content (AvgIpc) is 3.49. The molecule has 1 aromatic heterocycles. The number of methoxy groups -OCH3 is 4. The number of benzene rings is 2. The van der Waals surface area contributed by atoms with E-state index in [1.54, 1.807) is 25.2 Å². The molecule has 0 amide bonds. The first-order valence-electron chi connectivity index (χ1n) is 15.0. The summed E-state index contributed by atoms with van der Waals surface area (Å²) in [6.45, 7) is 2.43. The molecule has 1 atom stereocenters. The van der Waals surface area contributed by atoms with Crippen molar-refractivity contribution in [2.75, 3.05) is 70.4 Å². The number of rotatable bonds is 12. The van der Waals surface area contributed by atoms with Gasteiger partial charge in [-0.05, 0) is 43.5 Å². The van der Waals surface area contributed by atoms with Crippen molar-refractivity contribution in [2.45, 2.75) is 42.4 Å². The van der Waals surface area contributed by atoms with Gasteiger partial charge in [0.2, 0.25) is 5.95 Å². The second kappa shape index (κ2) is 14.4. The van der Waals surface area contributed by atoms with Gasteiger partial charge < -0.3 is 28.7 Å². The number of hydrogen-bond acceptors (Lipinski definition) is 9. The Morgan fingerprint density at radius 3 is 2.40 bits per heavy atom. The van der Waals surface area contributed by atoms with Crippen molar-refractivity contribution in [2.24, 2.45) is 0 Å².